The maximum absolute atomic E-state index is 12.2. The normalized spacial score (nSPS) is 21.5. The van der Waals surface area contributed by atoms with Crippen LogP contribution in [0.3, 0.4) is 0 Å². The van der Waals surface area contributed by atoms with Gasteiger partial charge in [-0.25, -0.2) is 9.69 Å². The SMILES string of the molecule is C=COC(C)N1C(=O)N(C(C)C#N)C(C)(C)C1=O. The molecule has 6 nitrogen and oxygen atoms in total. The first-order valence-electron chi connectivity index (χ1n) is 5.62. The molecule has 0 aromatic rings. The molecule has 1 rings (SSSR count). The fourth-order valence-electron chi connectivity index (χ4n) is 2.07. The summed E-state index contributed by atoms with van der Waals surface area (Å²) in [7, 11) is 0. The van der Waals surface area contributed by atoms with Crippen LogP contribution in [0.4, 0.5) is 4.79 Å². The molecule has 0 radical (unpaired) electrons. The summed E-state index contributed by atoms with van der Waals surface area (Å²) in [6, 6.07) is 0.767. The molecule has 98 valence electrons. The van der Waals surface area contributed by atoms with Crippen molar-refractivity contribution in [2.45, 2.75) is 45.5 Å². The summed E-state index contributed by atoms with van der Waals surface area (Å²) in [6.07, 6.45) is 0.437. The van der Waals surface area contributed by atoms with E-state index in [4.69, 9.17) is 10.00 Å². The topological polar surface area (TPSA) is 73.6 Å². The quantitative estimate of drug-likeness (QED) is 0.560. The summed E-state index contributed by atoms with van der Waals surface area (Å²) in [5.74, 6) is -0.385. The zero-order valence-electron chi connectivity index (χ0n) is 11.0. The highest BCUT2D eigenvalue weighted by Crippen LogP contribution is 2.31. The molecule has 18 heavy (non-hydrogen) atoms. The van der Waals surface area contributed by atoms with Gasteiger partial charge in [-0.15, -0.1) is 0 Å². The summed E-state index contributed by atoms with van der Waals surface area (Å²) < 4.78 is 5.06. The molecule has 1 aliphatic heterocycles. The summed E-state index contributed by atoms with van der Waals surface area (Å²) in [5, 5.41) is 8.94. The van der Waals surface area contributed by atoms with Crippen molar-refractivity contribution in [3.05, 3.63) is 12.8 Å². The number of carbonyl (C=O) groups excluding carboxylic acids is 2. The van der Waals surface area contributed by atoms with Crippen molar-refractivity contribution in [1.29, 1.82) is 5.26 Å². The number of nitriles is 1. The Bertz CT molecular complexity index is 425. The molecule has 1 fully saturated rings. The maximum Gasteiger partial charge on any atom is 0.331 e. The standard InChI is InChI=1S/C12H17N3O3/c1-6-18-9(3)14-10(16)12(4,5)15(11(14)17)8(2)7-13/h6,8-9H,1H2,2-5H3. The highest BCUT2D eigenvalue weighted by Gasteiger charge is 2.54. The van der Waals surface area contributed by atoms with Crippen LogP contribution in [0.1, 0.15) is 27.7 Å². The number of urea groups is 1. The van der Waals surface area contributed by atoms with E-state index in [0.29, 0.717) is 0 Å². The van der Waals surface area contributed by atoms with E-state index in [9.17, 15) is 9.59 Å². The number of carbonyl (C=O) groups is 2. The smallest absolute Gasteiger partial charge is 0.331 e. The van der Waals surface area contributed by atoms with Crippen LogP contribution in [0.5, 0.6) is 0 Å². The Balaban J connectivity index is 3.14. The van der Waals surface area contributed by atoms with Gasteiger partial charge in [0.25, 0.3) is 5.91 Å². The molecule has 0 aliphatic carbocycles. The highest BCUT2D eigenvalue weighted by molar-refractivity contribution is 6.07. The third kappa shape index (κ3) is 1.92. The molecule has 1 heterocycles. The number of amides is 3. The molecule has 0 spiro atoms. The second-order valence-electron chi connectivity index (χ2n) is 4.59. The van der Waals surface area contributed by atoms with Crippen molar-refractivity contribution in [1.82, 2.24) is 9.80 Å². The number of imide groups is 1. The lowest BCUT2D eigenvalue weighted by Crippen LogP contribution is -2.48. The Morgan fingerprint density at radius 3 is 2.44 bits per heavy atom. The highest BCUT2D eigenvalue weighted by atomic mass is 16.5. The first-order valence-corrected chi connectivity index (χ1v) is 5.62. The fraction of sp³-hybridized carbons (Fsp3) is 0.583. The van der Waals surface area contributed by atoms with Gasteiger partial charge in [-0.05, 0) is 27.7 Å². The van der Waals surface area contributed by atoms with Gasteiger partial charge in [0.15, 0.2) is 6.23 Å². The molecule has 1 aliphatic rings. The van der Waals surface area contributed by atoms with Gasteiger partial charge in [-0.1, -0.05) is 6.58 Å². The summed E-state index contributed by atoms with van der Waals surface area (Å²) in [5.41, 5.74) is -1.05. The van der Waals surface area contributed by atoms with Gasteiger partial charge < -0.3 is 4.74 Å². The zero-order chi connectivity index (χ0) is 14.1. The number of nitrogens with zero attached hydrogens (tertiary/aromatic N) is 3. The van der Waals surface area contributed by atoms with Gasteiger partial charge in [0.1, 0.15) is 11.6 Å². The predicted molar refractivity (Wildman–Crippen MR) is 64.0 cm³/mol. The number of hydrogen-bond acceptors (Lipinski definition) is 4. The van der Waals surface area contributed by atoms with E-state index < -0.39 is 23.8 Å². The van der Waals surface area contributed by atoms with Gasteiger partial charge >= 0.3 is 6.03 Å². The number of rotatable bonds is 4. The molecular weight excluding hydrogens is 234 g/mol. The molecule has 0 bridgehead atoms. The van der Waals surface area contributed by atoms with Crippen LogP contribution >= 0.6 is 0 Å². The Hall–Kier alpha value is -2.03. The lowest BCUT2D eigenvalue weighted by atomic mass is 10.0. The molecule has 6 heteroatoms. The van der Waals surface area contributed by atoms with Crippen molar-refractivity contribution >= 4 is 11.9 Å². The first kappa shape index (κ1) is 14.0. The first-order chi connectivity index (χ1) is 8.28. The van der Waals surface area contributed by atoms with Crippen LogP contribution in [0, 0.1) is 11.3 Å². The fourth-order valence-corrected chi connectivity index (χ4v) is 2.07. The largest absolute Gasteiger partial charge is 0.478 e. The van der Waals surface area contributed by atoms with E-state index in [1.807, 2.05) is 6.07 Å². The molecular formula is C12H17N3O3. The Kier molecular flexibility index (Phi) is 3.65. The van der Waals surface area contributed by atoms with Crippen LogP contribution in [-0.4, -0.2) is 39.5 Å². The maximum atomic E-state index is 12.2. The van der Waals surface area contributed by atoms with E-state index in [0.717, 1.165) is 4.90 Å². The third-order valence-electron chi connectivity index (χ3n) is 2.99. The van der Waals surface area contributed by atoms with Crippen LogP contribution < -0.4 is 0 Å². The summed E-state index contributed by atoms with van der Waals surface area (Å²) >= 11 is 0. The van der Waals surface area contributed by atoms with Crippen molar-refractivity contribution in [2.24, 2.45) is 0 Å². The van der Waals surface area contributed by atoms with Crippen molar-refractivity contribution in [3.8, 4) is 6.07 Å². The van der Waals surface area contributed by atoms with Crippen molar-refractivity contribution in [2.75, 3.05) is 0 Å². The molecule has 0 aromatic heterocycles. The summed E-state index contributed by atoms with van der Waals surface area (Å²) in [4.78, 5) is 26.7. The Morgan fingerprint density at radius 1 is 1.44 bits per heavy atom. The monoisotopic (exact) mass is 251 g/mol. The van der Waals surface area contributed by atoms with Gasteiger partial charge in [0, 0.05) is 0 Å². The minimum absolute atomic E-state index is 0.385. The Labute approximate surface area is 106 Å². The average Bonchev–Trinajstić information content (AvgIpc) is 2.45. The predicted octanol–water partition coefficient (Wildman–Crippen LogP) is 1.45. The van der Waals surface area contributed by atoms with E-state index in [2.05, 4.69) is 6.58 Å². The van der Waals surface area contributed by atoms with Gasteiger partial charge in [-0.3, -0.25) is 9.69 Å². The lowest BCUT2D eigenvalue weighted by Gasteiger charge is -2.29. The van der Waals surface area contributed by atoms with Crippen LogP contribution in [-0.2, 0) is 9.53 Å². The van der Waals surface area contributed by atoms with Crippen molar-refractivity contribution < 1.29 is 14.3 Å². The number of ether oxygens (including phenoxy) is 1. The molecule has 3 amide bonds. The second-order valence-corrected chi connectivity index (χ2v) is 4.59. The molecule has 0 N–H and O–H groups in total. The lowest BCUT2D eigenvalue weighted by molar-refractivity contribution is -0.137. The number of hydrogen-bond donors (Lipinski definition) is 0. The average molecular weight is 251 g/mol. The molecule has 2 atom stereocenters. The zero-order valence-corrected chi connectivity index (χ0v) is 11.0. The van der Waals surface area contributed by atoms with Crippen molar-refractivity contribution in [3.63, 3.8) is 0 Å². The molecule has 2 unspecified atom stereocenters. The van der Waals surface area contributed by atoms with E-state index >= 15 is 0 Å². The summed E-state index contributed by atoms with van der Waals surface area (Å²) in [6.45, 7) is 9.77. The second kappa shape index (κ2) is 4.69. The molecule has 1 saturated heterocycles. The van der Waals surface area contributed by atoms with Crippen LogP contribution in [0.2, 0.25) is 0 Å². The van der Waals surface area contributed by atoms with Gasteiger partial charge in [0.2, 0.25) is 0 Å². The van der Waals surface area contributed by atoms with Gasteiger partial charge in [-0.2, -0.15) is 5.26 Å². The van der Waals surface area contributed by atoms with Crippen LogP contribution in [0.15, 0.2) is 12.8 Å². The third-order valence-corrected chi connectivity index (χ3v) is 2.99. The van der Waals surface area contributed by atoms with E-state index in [1.54, 1.807) is 27.7 Å². The van der Waals surface area contributed by atoms with E-state index in [-0.39, 0.29) is 5.91 Å². The van der Waals surface area contributed by atoms with E-state index in [1.165, 1.54) is 11.2 Å². The molecule has 0 saturated carbocycles. The minimum Gasteiger partial charge on any atom is -0.478 e. The van der Waals surface area contributed by atoms with Gasteiger partial charge in [0.05, 0.1) is 12.3 Å². The minimum atomic E-state index is -1.05. The Morgan fingerprint density at radius 2 is 2.00 bits per heavy atom. The molecule has 0 aromatic carbocycles. The van der Waals surface area contributed by atoms with Crippen LogP contribution in [0.25, 0.3) is 0 Å².